The van der Waals surface area contributed by atoms with E-state index in [9.17, 15) is 9.59 Å². The number of nitrogens with one attached hydrogen (secondary N) is 2. The number of rotatable bonds is 9. The van der Waals surface area contributed by atoms with Crippen molar-refractivity contribution in [1.29, 1.82) is 0 Å². The van der Waals surface area contributed by atoms with E-state index in [1.165, 1.54) is 0 Å². The van der Waals surface area contributed by atoms with E-state index in [2.05, 4.69) is 10.6 Å². The number of hydrogen-bond acceptors (Lipinski definition) is 4. The van der Waals surface area contributed by atoms with Gasteiger partial charge in [-0.05, 0) is 27.2 Å². The van der Waals surface area contributed by atoms with Crippen molar-refractivity contribution in [3.63, 3.8) is 0 Å². The highest BCUT2D eigenvalue weighted by atomic mass is 16.5. The van der Waals surface area contributed by atoms with Crippen LogP contribution >= 0.6 is 0 Å². The van der Waals surface area contributed by atoms with Gasteiger partial charge in [0.2, 0.25) is 11.8 Å². The summed E-state index contributed by atoms with van der Waals surface area (Å²) in [6.45, 7) is 13.1. The van der Waals surface area contributed by atoms with E-state index < -0.39 is 5.41 Å². The predicted octanol–water partition coefficient (Wildman–Crippen LogP) is 1.83. The largest absolute Gasteiger partial charge is 0.376 e. The van der Waals surface area contributed by atoms with E-state index in [4.69, 9.17) is 9.47 Å². The molecule has 0 heterocycles. The van der Waals surface area contributed by atoms with Gasteiger partial charge in [0, 0.05) is 18.6 Å². The van der Waals surface area contributed by atoms with Crippen molar-refractivity contribution in [3.8, 4) is 0 Å². The Balaban J connectivity index is 3.49. The zero-order valence-electron chi connectivity index (χ0n) is 14.9. The first kappa shape index (κ1) is 20.9. The maximum absolute atomic E-state index is 11.6. The molecule has 0 atom stereocenters. The summed E-state index contributed by atoms with van der Waals surface area (Å²) in [6.07, 6.45) is 1.07. The van der Waals surface area contributed by atoms with Crippen LogP contribution in [0.15, 0.2) is 0 Å². The summed E-state index contributed by atoms with van der Waals surface area (Å²) >= 11 is 0. The van der Waals surface area contributed by atoms with E-state index in [1.54, 1.807) is 0 Å². The Morgan fingerprint density at radius 3 is 2.14 bits per heavy atom. The van der Waals surface area contributed by atoms with Crippen LogP contribution in [0.5, 0.6) is 0 Å². The molecule has 2 amide bonds. The Labute approximate surface area is 134 Å². The van der Waals surface area contributed by atoms with Crippen LogP contribution in [-0.4, -0.2) is 43.9 Å². The molecule has 0 aromatic rings. The topological polar surface area (TPSA) is 76.7 Å². The smallest absolute Gasteiger partial charge is 0.227 e. The highest BCUT2D eigenvalue weighted by Gasteiger charge is 2.20. The number of carbonyl (C=O) groups excluding carboxylic acids is 2. The van der Waals surface area contributed by atoms with Crippen LogP contribution in [0.3, 0.4) is 0 Å². The molecule has 130 valence electrons. The quantitative estimate of drug-likeness (QED) is 0.502. The summed E-state index contributed by atoms with van der Waals surface area (Å²) in [4.78, 5) is 23.1. The molecule has 0 saturated carbocycles. The van der Waals surface area contributed by atoms with Crippen molar-refractivity contribution in [3.05, 3.63) is 0 Å². The van der Waals surface area contributed by atoms with Crippen molar-refractivity contribution in [2.75, 3.05) is 26.5 Å². The van der Waals surface area contributed by atoms with Crippen molar-refractivity contribution < 1.29 is 19.1 Å². The average Bonchev–Trinajstić information content (AvgIpc) is 2.35. The molecule has 6 nitrogen and oxygen atoms in total. The molecule has 0 aliphatic carbocycles. The van der Waals surface area contributed by atoms with Crippen LogP contribution in [0.25, 0.3) is 0 Å². The highest BCUT2D eigenvalue weighted by molar-refractivity contribution is 5.81. The first-order valence-corrected chi connectivity index (χ1v) is 7.79. The first-order valence-electron chi connectivity index (χ1n) is 7.79. The summed E-state index contributed by atoms with van der Waals surface area (Å²) in [6, 6.07) is 0. The zero-order chi connectivity index (χ0) is 17.2. The van der Waals surface area contributed by atoms with Gasteiger partial charge in [-0.15, -0.1) is 0 Å². The second-order valence-corrected chi connectivity index (χ2v) is 7.22. The fourth-order valence-electron chi connectivity index (χ4n) is 1.39. The second kappa shape index (κ2) is 9.79. The monoisotopic (exact) mass is 316 g/mol. The minimum atomic E-state index is -0.435. The van der Waals surface area contributed by atoms with Crippen molar-refractivity contribution in [2.45, 2.75) is 60.0 Å². The molecule has 2 N–H and O–H groups in total. The summed E-state index contributed by atoms with van der Waals surface area (Å²) in [5, 5.41) is 5.47. The van der Waals surface area contributed by atoms with Gasteiger partial charge in [-0.25, -0.2) is 0 Å². The van der Waals surface area contributed by atoms with Crippen LogP contribution < -0.4 is 10.6 Å². The predicted molar refractivity (Wildman–Crippen MR) is 86.4 cm³/mol. The average molecular weight is 316 g/mol. The van der Waals surface area contributed by atoms with Crippen LogP contribution in [0, 0.1) is 5.41 Å². The van der Waals surface area contributed by atoms with Gasteiger partial charge in [-0.1, -0.05) is 20.8 Å². The molecule has 6 heteroatoms. The fraction of sp³-hybridized carbons (Fsp3) is 0.875. The normalized spacial score (nSPS) is 12.1. The number of hydrogen-bond donors (Lipinski definition) is 2. The van der Waals surface area contributed by atoms with Gasteiger partial charge in [-0.2, -0.15) is 0 Å². The van der Waals surface area contributed by atoms with Gasteiger partial charge in [0.25, 0.3) is 0 Å². The van der Waals surface area contributed by atoms with Crippen LogP contribution in [0.1, 0.15) is 54.4 Å². The molecule has 0 rings (SSSR count). The molecule has 0 bridgehead atoms. The molecule has 0 aromatic heterocycles. The summed E-state index contributed by atoms with van der Waals surface area (Å²) in [7, 11) is 0. The molecule has 0 unspecified atom stereocenters. The Kier molecular flexibility index (Phi) is 9.28. The molecular formula is C16H32N2O4. The van der Waals surface area contributed by atoms with Crippen LogP contribution in [-0.2, 0) is 19.1 Å². The second-order valence-electron chi connectivity index (χ2n) is 7.22. The van der Waals surface area contributed by atoms with Gasteiger partial charge in [-0.3, -0.25) is 9.59 Å². The maximum Gasteiger partial charge on any atom is 0.227 e. The lowest BCUT2D eigenvalue weighted by molar-refractivity contribution is -0.130. The van der Waals surface area contributed by atoms with Crippen molar-refractivity contribution >= 4 is 11.8 Å². The fourth-order valence-corrected chi connectivity index (χ4v) is 1.39. The molecule has 0 radical (unpaired) electrons. The molecule has 0 fully saturated rings. The molecule has 22 heavy (non-hydrogen) atoms. The third kappa shape index (κ3) is 12.6. The molecule has 0 aromatic carbocycles. The molecule has 0 aliphatic rings. The third-order valence-electron chi connectivity index (χ3n) is 2.67. The molecule has 0 aliphatic heterocycles. The third-order valence-corrected chi connectivity index (χ3v) is 2.67. The van der Waals surface area contributed by atoms with Gasteiger partial charge >= 0.3 is 0 Å². The Bertz CT molecular complexity index is 343. The van der Waals surface area contributed by atoms with Gasteiger partial charge in [0.05, 0.1) is 18.6 Å². The van der Waals surface area contributed by atoms with Crippen molar-refractivity contribution in [2.24, 2.45) is 5.41 Å². The van der Waals surface area contributed by atoms with Gasteiger partial charge in [0.1, 0.15) is 6.73 Å². The van der Waals surface area contributed by atoms with Gasteiger partial charge in [0.15, 0.2) is 0 Å². The Morgan fingerprint density at radius 1 is 0.955 bits per heavy atom. The van der Waals surface area contributed by atoms with E-state index in [0.717, 1.165) is 6.42 Å². The van der Waals surface area contributed by atoms with E-state index in [0.29, 0.717) is 13.2 Å². The Morgan fingerprint density at radius 2 is 1.59 bits per heavy atom. The Hall–Kier alpha value is -1.14. The SMILES string of the molecule is CC(C)(C)OCCCNC(=O)CCOCNC(=O)C(C)(C)C. The highest BCUT2D eigenvalue weighted by Crippen LogP contribution is 2.11. The van der Waals surface area contributed by atoms with Crippen molar-refractivity contribution in [1.82, 2.24) is 10.6 Å². The standard InChI is InChI=1S/C16H32N2O4/c1-15(2,3)14(20)18-12-21-11-8-13(19)17-9-7-10-22-16(4,5)6/h7-12H2,1-6H3,(H,17,19)(H,18,20). The van der Waals surface area contributed by atoms with Gasteiger partial charge < -0.3 is 20.1 Å². The minimum Gasteiger partial charge on any atom is -0.376 e. The van der Waals surface area contributed by atoms with E-state index >= 15 is 0 Å². The summed E-state index contributed by atoms with van der Waals surface area (Å²) in [5.74, 6) is -0.131. The van der Waals surface area contributed by atoms with Crippen LogP contribution in [0.4, 0.5) is 0 Å². The summed E-state index contributed by atoms with van der Waals surface area (Å²) in [5.41, 5.74) is -0.578. The molecule has 0 saturated heterocycles. The zero-order valence-corrected chi connectivity index (χ0v) is 14.9. The first-order chi connectivity index (χ1) is 10.0. The number of amides is 2. The maximum atomic E-state index is 11.6. The van der Waals surface area contributed by atoms with E-state index in [-0.39, 0.29) is 37.2 Å². The minimum absolute atomic E-state index is 0.0575. The lowest BCUT2D eigenvalue weighted by Crippen LogP contribution is -2.36. The molecular weight excluding hydrogens is 284 g/mol. The molecule has 0 spiro atoms. The lowest BCUT2D eigenvalue weighted by Gasteiger charge is -2.19. The van der Waals surface area contributed by atoms with Crippen LogP contribution in [0.2, 0.25) is 0 Å². The summed E-state index contributed by atoms with van der Waals surface area (Å²) < 4.78 is 10.8. The lowest BCUT2D eigenvalue weighted by atomic mass is 9.96. The number of ether oxygens (including phenoxy) is 2. The van der Waals surface area contributed by atoms with E-state index in [1.807, 2.05) is 41.5 Å². The number of carbonyl (C=O) groups is 2.